The first-order valence-corrected chi connectivity index (χ1v) is 9.12. The Labute approximate surface area is 162 Å². The Kier molecular flexibility index (Phi) is 7.13. The van der Waals surface area contributed by atoms with Crippen LogP contribution < -0.4 is 4.74 Å². The summed E-state index contributed by atoms with van der Waals surface area (Å²) in [6.07, 6.45) is -0.295. The summed E-state index contributed by atoms with van der Waals surface area (Å²) < 4.78 is 12.2. The van der Waals surface area contributed by atoms with E-state index >= 15 is 0 Å². The van der Waals surface area contributed by atoms with Crippen molar-refractivity contribution in [2.24, 2.45) is 0 Å². The topological polar surface area (TPSA) is 42.0 Å². The van der Waals surface area contributed by atoms with E-state index in [1.165, 1.54) is 0 Å². The highest BCUT2D eigenvalue weighted by Gasteiger charge is 2.50. The average Bonchev–Trinajstić information content (AvgIpc) is 2.66. The van der Waals surface area contributed by atoms with E-state index in [2.05, 4.69) is 0 Å². The number of benzene rings is 2. The molecule has 2 aromatic carbocycles. The van der Waals surface area contributed by atoms with Crippen molar-refractivity contribution >= 4 is 5.97 Å². The van der Waals surface area contributed by atoms with E-state index in [1.807, 2.05) is 100 Å². The van der Waals surface area contributed by atoms with Crippen LogP contribution in [0.2, 0.25) is 0 Å². The first kappa shape index (κ1) is 21.1. The van der Waals surface area contributed by atoms with Gasteiger partial charge in [-0.3, -0.25) is 4.90 Å². The summed E-state index contributed by atoms with van der Waals surface area (Å²) in [6, 6.07) is 18.4. The summed E-state index contributed by atoms with van der Waals surface area (Å²) in [7, 11) is 7.70. The molecular formula is C22H30N2O3. The summed E-state index contributed by atoms with van der Waals surface area (Å²) in [4.78, 5) is 17.4. The third-order valence-corrected chi connectivity index (χ3v) is 4.91. The zero-order valence-corrected chi connectivity index (χ0v) is 17.0. The Bertz CT molecular complexity index is 719. The van der Waals surface area contributed by atoms with Crippen LogP contribution in [0.3, 0.4) is 0 Å². The van der Waals surface area contributed by atoms with E-state index in [0.717, 1.165) is 5.56 Å². The number of ether oxygens (including phenoxy) is 2. The van der Waals surface area contributed by atoms with Crippen LogP contribution in [0.5, 0.6) is 5.75 Å². The highest BCUT2D eigenvalue weighted by Crippen LogP contribution is 2.35. The van der Waals surface area contributed by atoms with Gasteiger partial charge in [-0.1, -0.05) is 48.5 Å². The molecule has 0 amide bonds. The molecule has 146 valence electrons. The van der Waals surface area contributed by atoms with Crippen LogP contribution in [-0.2, 0) is 15.1 Å². The normalized spacial score (nSPS) is 16.0. The number of likely N-dealkylation sites (N-methyl/N-ethyl adjacent to an activating group) is 1. The van der Waals surface area contributed by atoms with Crippen molar-refractivity contribution in [3.05, 3.63) is 66.2 Å². The van der Waals surface area contributed by atoms with Gasteiger partial charge in [0.25, 0.3) is 0 Å². The van der Waals surface area contributed by atoms with Crippen molar-refractivity contribution in [1.29, 1.82) is 0 Å². The number of carbonyl (C=O) groups excluding carboxylic acids is 1. The standard InChI is InChI=1S/C22H30N2O3/c1-17(23(3)4)22(27-18(2)24(5)6,19-13-9-7-10-14-19)21(25)26-20-15-11-8-12-16-20/h7-18H,1-6H3. The Morgan fingerprint density at radius 3 is 1.85 bits per heavy atom. The van der Waals surface area contributed by atoms with E-state index in [1.54, 1.807) is 12.1 Å². The lowest BCUT2D eigenvalue weighted by Gasteiger charge is -2.42. The molecule has 5 nitrogen and oxygen atoms in total. The number of rotatable bonds is 8. The molecule has 0 radical (unpaired) electrons. The second-order valence-corrected chi connectivity index (χ2v) is 7.12. The van der Waals surface area contributed by atoms with Gasteiger partial charge in [-0.15, -0.1) is 0 Å². The van der Waals surface area contributed by atoms with Gasteiger partial charge in [0.1, 0.15) is 12.0 Å². The van der Waals surface area contributed by atoms with E-state index in [-0.39, 0.29) is 12.3 Å². The largest absolute Gasteiger partial charge is 0.424 e. The molecule has 0 saturated heterocycles. The fourth-order valence-corrected chi connectivity index (χ4v) is 2.84. The lowest BCUT2D eigenvalue weighted by Crippen LogP contribution is -2.57. The average molecular weight is 370 g/mol. The lowest BCUT2D eigenvalue weighted by molar-refractivity contribution is -0.198. The van der Waals surface area contributed by atoms with Crippen LogP contribution in [-0.4, -0.2) is 56.2 Å². The Balaban J connectivity index is 2.57. The minimum Gasteiger partial charge on any atom is -0.424 e. The first-order valence-electron chi connectivity index (χ1n) is 9.12. The maximum Gasteiger partial charge on any atom is 0.350 e. The fourth-order valence-electron chi connectivity index (χ4n) is 2.84. The maximum atomic E-state index is 13.5. The monoisotopic (exact) mass is 370 g/mol. The molecule has 3 unspecified atom stereocenters. The van der Waals surface area contributed by atoms with Crippen molar-refractivity contribution in [3.8, 4) is 5.75 Å². The molecule has 0 bridgehead atoms. The smallest absolute Gasteiger partial charge is 0.350 e. The minimum absolute atomic E-state index is 0.265. The molecule has 0 heterocycles. The molecule has 5 heteroatoms. The first-order chi connectivity index (χ1) is 12.8. The Morgan fingerprint density at radius 2 is 1.37 bits per heavy atom. The van der Waals surface area contributed by atoms with Crippen molar-refractivity contribution in [2.45, 2.75) is 31.7 Å². The summed E-state index contributed by atoms with van der Waals surface area (Å²) in [5.41, 5.74) is -0.523. The lowest BCUT2D eigenvalue weighted by atomic mass is 9.85. The third kappa shape index (κ3) is 4.75. The molecule has 0 saturated carbocycles. The second kappa shape index (κ2) is 9.13. The van der Waals surface area contributed by atoms with Crippen LogP contribution in [0, 0.1) is 0 Å². The highest BCUT2D eigenvalue weighted by molar-refractivity contribution is 5.84. The van der Waals surface area contributed by atoms with Crippen LogP contribution in [0.4, 0.5) is 0 Å². The maximum absolute atomic E-state index is 13.5. The molecule has 0 aliphatic heterocycles. The van der Waals surface area contributed by atoms with E-state index in [0.29, 0.717) is 5.75 Å². The predicted molar refractivity (Wildman–Crippen MR) is 108 cm³/mol. The van der Waals surface area contributed by atoms with Crippen molar-refractivity contribution in [1.82, 2.24) is 9.80 Å². The zero-order valence-electron chi connectivity index (χ0n) is 17.0. The van der Waals surface area contributed by atoms with Gasteiger partial charge in [0.15, 0.2) is 0 Å². The number of nitrogens with zero attached hydrogens (tertiary/aromatic N) is 2. The van der Waals surface area contributed by atoms with Crippen molar-refractivity contribution in [2.75, 3.05) is 28.2 Å². The SMILES string of the molecule is CC(OC(C(=O)Oc1ccccc1)(c1ccccc1)C(C)N(C)C)N(C)C. The molecule has 0 N–H and O–H groups in total. The van der Waals surface area contributed by atoms with Gasteiger partial charge in [-0.2, -0.15) is 0 Å². The number of hydrogen-bond donors (Lipinski definition) is 0. The van der Waals surface area contributed by atoms with Crippen LogP contribution in [0.25, 0.3) is 0 Å². The molecule has 0 fully saturated rings. The van der Waals surface area contributed by atoms with E-state index in [4.69, 9.17) is 9.47 Å². The fraction of sp³-hybridized carbons (Fsp3) is 0.409. The molecule has 3 atom stereocenters. The molecular weight excluding hydrogens is 340 g/mol. The number of para-hydroxylation sites is 1. The van der Waals surface area contributed by atoms with Crippen molar-refractivity contribution < 1.29 is 14.3 Å². The van der Waals surface area contributed by atoms with E-state index < -0.39 is 11.6 Å². The van der Waals surface area contributed by atoms with Gasteiger partial charge in [0.05, 0.1) is 6.04 Å². The number of hydrogen-bond acceptors (Lipinski definition) is 5. The molecule has 0 aliphatic carbocycles. The van der Waals surface area contributed by atoms with Gasteiger partial charge in [0.2, 0.25) is 5.60 Å². The minimum atomic E-state index is -1.29. The van der Waals surface area contributed by atoms with Gasteiger partial charge in [0, 0.05) is 0 Å². The Morgan fingerprint density at radius 1 is 0.852 bits per heavy atom. The van der Waals surface area contributed by atoms with Gasteiger partial charge in [-0.05, 0) is 59.7 Å². The number of esters is 1. The van der Waals surface area contributed by atoms with Crippen molar-refractivity contribution in [3.63, 3.8) is 0 Å². The number of carbonyl (C=O) groups is 1. The van der Waals surface area contributed by atoms with Gasteiger partial charge in [-0.25, -0.2) is 4.79 Å². The highest BCUT2D eigenvalue weighted by atomic mass is 16.6. The molecule has 0 spiro atoms. The van der Waals surface area contributed by atoms with Crippen LogP contribution in [0.15, 0.2) is 60.7 Å². The Hall–Kier alpha value is -2.21. The zero-order chi connectivity index (χ0) is 20.0. The summed E-state index contributed by atoms with van der Waals surface area (Å²) >= 11 is 0. The molecule has 2 rings (SSSR count). The molecule has 27 heavy (non-hydrogen) atoms. The summed E-state index contributed by atoms with van der Waals surface area (Å²) in [5, 5.41) is 0. The van der Waals surface area contributed by atoms with E-state index in [9.17, 15) is 4.79 Å². The molecule has 0 aliphatic rings. The van der Waals surface area contributed by atoms with Gasteiger partial charge >= 0.3 is 5.97 Å². The second-order valence-electron chi connectivity index (χ2n) is 7.12. The summed E-state index contributed by atoms with van der Waals surface area (Å²) in [5.74, 6) is 0.0599. The summed E-state index contributed by atoms with van der Waals surface area (Å²) in [6.45, 7) is 3.90. The molecule has 0 aromatic heterocycles. The van der Waals surface area contributed by atoms with Crippen LogP contribution in [0.1, 0.15) is 19.4 Å². The quantitative estimate of drug-likeness (QED) is 0.405. The predicted octanol–water partition coefficient (Wildman–Crippen LogP) is 3.36. The van der Waals surface area contributed by atoms with Crippen LogP contribution >= 0.6 is 0 Å². The molecule has 2 aromatic rings. The van der Waals surface area contributed by atoms with Gasteiger partial charge < -0.3 is 14.4 Å². The third-order valence-electron chi connectivity index (χ3n) is 4.91.